The maximum atomic E-state index is 12.4. The Morgan fingerprint density at radius 2 is 1.80 bits per heavy atom. The lowest BCUT2D eigenvalue weighted by atomic mass is 9.83. The summed E-state index contributed by atoms with van der Waals surface area (Å²) in [5.41, 5.74) is 1.62. The first-order valence-corrected chi connectivity index (χ1v) is 7.20. The monoisotopic (exact) mass is 332 g/mol. The van der Waals surface area contributed by atoms with Crippen LogP contribution in [0.3, 0.4) is 0 Å². The van der Waals surface area contributed by atoms with Gasteiger partial charge < -0.3 is 5.32 Å². The molecule has 0 radical (unpaired) electrons. The zero-order valence-electron chi connectivity index (χ0n) is 11.8. The van der Waals surface area contributed by atoms with E-state index < -0.39 is 0 Å². The number of halogens is 1. The first-order chi connectivity index (χ1) is 9.38. The summed E-state index contributed by atoms with van der Waals surface area (Å²) in [6.07, 6.45) is 0. The molecule has 0 atom stereocenters. The van der Waals surface area contributed by atoms with Gasteiger partial charge in [-0.3, -0.25) is 4.79 Å². The molecule has 0 saturated carbocycles. The summed E-state index contributed by atoms with van der Waals surface area (Å²) in [6, 6.07) is 13.1. The van der Waals surface area contributed by atoms with Crippen LogP contribution in [0.2, 0.25) is 0 Å². The summed E-state index contributed by atoms with van der Waals surface area (Å²) in [5.74, 6) is 0.397. The summed E-state index contributed by atoms with van der Waals surface area (Å²) in [5, 5.41) is 2.83. The predicted octanol–water partition coefficient (Wildman–Crippen LogP) is 4.39. The van der Waals surface area contributed by atoms with E-state index in [0.717, 1.165) is 5.56 Å². The molecule has 0 aliphatic rings. The third kappa shape index (κ3) is 3.45. The van der Waals surface area contributed by atoms with Crippen molar-refractivity contribution in [1.29, 1.82) is 0 Å². The number of pyridine rings is 1. The second kappa shape index (κ2) is 5.75. The van der Waals surface area contributed by atoms with Crippen LogP contribution in [-0.2, 0) is 5.41 Å². The van der Waals surface area contributed by atoms with Gasteiger partial charge in [-0.15, -0.1) is 0 Å². The molecular formula is C16H17BrN2O. The Labute approximate surface area is 127 Å². The number of anilines is 1. The second-order valence-corrected chi connectivity index (χ2v) is 6.41. The molecular weight excluding hydrogens is 316 g/mol. The number of nitrogens with zero attached hydrogens (tertiary/aromatic N) is 1. The number of benzene rings is 1. The molecule has 1 N–H and O–H groups in total. The van der Waals surface area contributed by atoms with Crippen molar-refractivity contribution in [2.75, 3.05) is 5.32 Å². The fraction of sp³-hybridized carbons (Fsp3) is 0.250. The number of amides is 1. The predicted molar refractivity (Wildman–Crippen MR) is 85.0 cm³/mol. The van der Waals surface area contributed by atoms with Gasteiger partial charge >= 0.3 is 0 Å². The number of hydrogen-bond acceptors (Lipinski definition) is 2. The van der Waals surface area contributed by atoms with E-state index >= 15 is 0 Å². The normalized spacial score (nSPS) is 11.2. The summed E-state index contributed by atoms with van der Waals surface area (Å²) in [4.78, 5) is 16.6. The van der Waals surface area contributed by atoms with Gasteiger partial charge in [0.05, 0.1) is 0 Å². The van der Waals surface area contributed by atoms with Gasteiger partial charge in [0.15, 0.2) is 0 Å². The zero-order valence-corrected chi connectivity index (χ0v) is 13.4. The van der Waals surface area contributed by atoms with Crippen molar-refractivity contribution in [3.05, 3.63) is 58.2 Å². The number of hydrogen-bond donors (Lipinski definition) is 1. The number of rotatable bonds is 2. The van der Waals surface area contributed by atoms with Gasteiger partial charge in [0.25, 0.3) is 5.91 Å². The molecule has 3 nitrogen and oxygen atoms in total. The molecule has 0 saturated heterocycles. The molecule has 1 aromatic heterocycles. The Morgan fingerprint density at radius 1 is 1.10 bits per heavy atom. The quantitative estimate of drug-likeness (QED) is 0.828. The molecule has 0 fully saturated rings. The molecule has 0 bridgehead atoms. The van der Waals surface area contributed by atoms with Gasteiger partial charge in [-0.05, 0) is 45.1 Å². The van der Waals surface area contributed by atoms with Crippen LogP contribution >= 0.6 is 15.9 Å². The zero-order chi connectivity index (χ0) is 14.8. The minimum atomic E-state index is -0.138. The topological polar surface area (TPSA) is 42.0 Å². The third-order valence-corrected chi connectivity index (χ3v) is 3.38. The minimum Gasteiger partial charge on any atom is -0.307 e. The highest BCUT2D eigenvalue weighted by molar-refractivity contribution is 9.10. The Hall–Kier alpha value is -1.68. The molecule has 0 spiro atoms. The highest BCUT2D eigenvalue weighted by Gasteiger charge is 2.21. The van der Waals surface area contributed by atoms with E-state index in [1.807, 2.05) is 36.4 Å². The number of carbonyl (C=O) groups excluding carboxylic acids is 1. The summed E-state index contributed by atoms with van der Waals surface area (Å²) in [7, 11) is 0. The van der Waals surface area contributed by atoms with Crippen LogP contribution in [0.15, 0.2) is 47.1 Å². The van der Waals surface area contributed by atoms with Crippen molar-refractivity contribution < 1.29 is 4.79 Å². The van der Waals surface area contributed by atoms with Crippen LogP contribution in [0.1, 0.15) is 36.7 Å². The Bertz CT molecular complexity index is 632. The Kier molecular flexibility index (Phi) is 4.23. The van der Waals surface area contributed by atoms with E-state index in [-0.39, 0.29) is 11.3 Å². The molecule has 104 valence electrons. The smallest absolute Gasteiger partial charge is 0.257 e. The minimum absolute atomic E-state index is 0.0847. The van der Waals surface area contributed by atoms with Crippen LogP contribution in [0.25, 0.3) is 0 Å². The average molecular weight is 333 g/mol. The van der Waals surface area contributed by atoms with E-state index in [1.165, 1.54) is 0 Å². The molecule has 1 heterocycles. The van der Waals surface area contributed by atoms with Gasteiger partial charge in [0, 0.05) is 5.56 Å². The highest BCUT2D eigenvalue weighted by atomic mass is 79.9. The Balaban J connectivity index is 2.31. The van der Waals surface area contributed by atoms with Crippen molar-refractivity contribution in [1.82, 2.24) is 4.98 Å². The third-order valence-electron chi connectivity index (χ3n) is 2.94. The molecule has 4 heteroatoms. The molecule has 1 amide bonds. The van der Waals surface area contributed by atoms with Gasteiger partial charge in [-0.1, -0.05) is 45.0 Å². The lowest BCUT2D eigenvalue weighted by molar-refractivity contribution is 0.102. The van der Waals surface area contributed by atoms with E-state index in [2.05, 4.69) is 47.0 Å². The maximum absolute atomic E-state index is 12.4. The molecule has 2 rings (SSSR count). The van der Waals surface area contributed by atoms with Gasteiger partial charge in [0.1, 0.15) is 10.4 Å². The standard InChI is InChI=1S/C16H17BrN2O/c1-16(2,3)12-8-5-4-7-11(12)15(20)19-14-10-6-9-13(17)18-14/h4-10H,1-3H3,(H,18,19,20). The highest BCUT2D eigenvalue weighted by Crippen LogP contribution is 2.26. The van der Waals surface area contributed by atoms with E-state index in [4.69, 9.17) is 0 Å². The summed E-state index contributed by atoms with van der Waals surface area (Å²) in [6.45, 7) is 6.28. The first-order valence-electron chi connectivity index (χ1n) is 6.41. The van der Waals surface area contributed by atoms with Crippen molar-refractivity contribution in [2.45, 2.75) is 26.2 Å². The van der Waals surface area contributed by atoms with Crippen LogP contribution in [0.4, 0.5) is 5.82 Å². The van der Waals surface area contributed by atoms with Crippen molar-refractivity contribution in [3.63, 3.8) is 0 Å². The van der Waals surface area contributed by atoms with E-state index in [1.54, 1.807) is 6.07 Å². The molecule has 0 aliphatic carbocycles. The van der Waals surface area contributed by atoms with E-state index in [0.29, 0.717) is 16.0 Å². The summed E-state index contributed by atoms with van der Waals surface area (Å²) < 4.78 is 0.694. The summed E-state index contributed by atoms with van der Waals surface area (Å²) >= 11 is 3.29. The SMILES string of the molecule is CC(C)(C)c1ccccc1C(=O)Nc1cccc(Br)n1. The lowest BCUT2D eigenvalue weighted by Crippen LogP contribution is -2.21. The van der Waals surface area contributed by atoms with Gasteiger partial charge in [-0.2, -0.15) is 0 Å². The number of carbonyl (C=O) groups is 1. The van der Waals surface area contributed by atoms with Crippen LogP contribution in [0.5, 0.6) is 0 Å². The van der Waals surface area contributed by atoms with Crippen molar-refractivity contribution >= 4 is 27.7 Å². The second-order valence-electron chi connectivity index (χ2n) is 5.60. The first kappa shape index (κ1) is 14.7. The van der Waals surface area contributed by atoms with Crippen molar-refractivity contribution in [2.24, 2.45) is 0 Å². The average Bonchev–Trinajstić information content (AvgIpc) is 2.37. The maximum Gasteiger partial charge on any atom is 0.257 e. The van der Waals surface area contributed by atoms with Gasteiger partial charge in [-0.25, -0.2) is 4.98 Å². The fourth-order valence-electron chi connectivity index (χ4n) is 2.00. The largest absolute Gasteiger partial charge is 0.307 e. The molecule has 0 aliphatic heterocycles. The van der Waals surface area contributed by atoms with Gasteiger partial charge in [0.2, 0.25) is 0 Å². The number of nitrogens with one attached hydrogen (secondary N) is 1. The number of aromatic nitrogens is 1. The fourth-order valence-corrected chi connectivity index (χ4v) is 2.34. The van der Waals surface area contributed by atoms with E-state index in [9.17, 15) is 4.79 Å². The Morgan fingerprint density at radius 3 is 2.45 bits per heavy atom. The lowest BCUT2D eigenvalue weighted by Gasteiger charge is -2.22. The van der Waals surface area contributed by atoms with Crippen LogP contribution in [-0.4, -0.2) is 10.9 Å². The molecule has 1 aromatic carbocycles. The van der Waals surface area contributed by atoms with Crippen molar-refractivity contribution in [3.8, 4) is 0 Å². The molecule has 2 aromatic rings. The molecule has 0 unspecified atom stereocenters. The van der Waals surface area contributed by atoms with Crippen LogP contribution < -0.4 is 5.32 Å². The van der Waals surface area contributed by atoms with Crippen LogP contribution in [0, 0.1) is 0 Å². The molecule has 20 heavy (non-hydrogen) atoms.